The summed E-state index contributed by atoms with van der Waals surface area (Å²) in [5.74, 6) is 0. The van der Waals surface area contributed by atoms with E-state index in [0.29, 0.717) is 0 Å². The minimum atomic E-state index is -5.44. The number of hydrogen-bond donors (Lipinski definition) is 4. The standard InChI is InChI=1S/C2H4O11P2.2ClH.K.4Na.4H/c3-1(4)11-15(10,12-2(5)6)13-14(7,8)9;;;;;;;;;;;/h(H,3,4)(H,5,6)(H2,7,8,9);2*1H;;;;;;;;;/q;;;5*+1;4*-1/p-1. The molecule has 0 radical (unpaired) electrons. The second-order valence-corrected chi connectivity index (χ2v) is 4.63. The zero-order valence-electron chi connectivity index (χ0n) is 16.3. The molecule has 0 heterocycles. The van der Waals surface area contributed by atoms with Gasteiger partial charge in [-0.05, 0) is 0 Å². The quantitative estimate of drug-likeness (QED) is 0.225. The van der Waals surface area contributed by atoms with Crippen molar-refractivity contribution in [1.82, 2.24) is 0 Å². The molecule has 0 amide bonds. The van der Waals surface area contributed by atoms with Gasteiger partial charge in [-0.15, -0.1) is 12.4 Å². The average molecular weight is 473 g/mol. The summed E-state index contributed by atoms with van der Waals surface area (Å²) in [6.45, 7) is 0. The maximum atomic E-state index is 10.9. The van der Waals surface area contributed by atoms with Gasteiger partial charge in [0.15, 0.2) is 0 Å². The molecule has 0 aromatic heterocycles. The van der Waals surface area contributed by atoms with Crippen LogP contribution >= 0.6 is 28.1 Å². The number of halogens is 2. The second-order valence-electron chi connectivity index (χ2n) is 1.73. The maximum absolute atomic E-state index is 10.9. The van der Waals surface area contributed by atoms with Crippen molar-refractivity contribution in [2.24, 2.45) is 0 Å². The minimum Gasteiger partial charge on any atom is -1.00 e. The third-order valence-electron chi connectivity index (χ3n) is 0.586. The minimum absolute atomic E-state index is 0. The fourth-order valence-corrected chi connectivity index (χ4v) is 2.10. The molecule has 0 saturated carbocycles. The van der Waals surface area contributed by atoms with Crippen LogP contribution in [-0.4, -0.2) is 32.3 Å². The van der Waals surface area contributed by atoms with Crippen molar-refractivity contribution in [1.29, 1.82) is 0 Å². The van der Waals surface area contributed by atoms with Gasteiger partial charge in [0, 0.05) is 0 Å². The maximum Gasteiger partial charge on any atom is 1.00 e. The van der Waals surface area contributed by atoms with Crippen molar-refractivity contribution in [3.63, 3.8) is 0 Å². The van der Waals surface area contributed by atoms with Crippen LogP contribution in [0.3, 0.4) is 0 Å². The third kappa shape index (κ3) is 32.7. The number of carbonyl (C=O) groups is 2. The van der Waals surface area contributed by atoms with Gasteiger partial charge in [-0.25, -0.2) is 18.7 Å². The fraction of sp³-hybridized carbons (Fsp3) is 0. The Balaban J connectivity index is -0.0000000178. The van der Waals surface area contributed by atoms with Gasteiger partial charge in [0.25, 0.3) is 0 Å². The van der Waals surface area contributed by atoms with Crippen LogP contribution in [-0.2, 0) is 22.5 Å². The van der Waals surface area contributed by atoms with E-state index in [2.05, 4.69) is 13.4 Å². The van der Waals surface area contributed by atoms with E-state index in [9.17, 15) is 18.7 Å². The summed E-state index contributed by atoms with van der Waals surface area (Å²) in [5.41, 5.74) is 0. The van der Waals surface area contributed by atoms with E-state index in [-0.39, 0.29) is 200 Å². The molecule has 22 heavy (non-hydrogen) atoms. The monoisotopic (exact) mass is 472 g/mol. The first-order chi connectivity index (χ1) is 6.54. The van der Waals surface area contributed by atoms with E-state index < -0.39 is 28.0 Å². The van der Waals surface area contributed by atoms with E-state index in [1.54, 1.807) is 0 Å². The van der Waals surface area contributed by atoms with Crippen molar-refractivity contribution < 1.29 is 240 Å². The molecule has 4 N–H and O–H groups in total. The van der Waals surface area contributed by atoms with Crippen LogP contribution in [0.5, 0.6) is 0 Å². The zero-order chi connectivity index (χ0) is 12.3. The summed E-state index contributed by atoms with van der Waals surface area (Å²) >= 11 is 0. The van der Waals surface area contributed by atoms with Gasteiger partial charge in [0.05, 0.1) is 0 Å². The molecule has 0 aliphatic carbocycles. The van der Waals surface area contributed by atoms with E-state index in [0.717, 1.165) is 0 Å². The summed E-state index contributed by atoms with van der Waals surface area (Å²) in [4.78, 5) is 36.1. The van der Waals surface area contributed by atoms with Crippen molar-refractivity contribution >= 4 is 40.4 Å². The summed E-state index contributed by atoms with van der Waals surface area (Å²) in [6.07, 6.45) is -4.60. The molecule has 0 aliphatic heterocycles. The first-order valence-electron chi connectivity index (χ1n) is 2.76. The molecule has 0 atom stereocenters. The Morgan fingerprint density at radius 1 is 0.864 bits per heavy atom. The van der Waals surface area contributed by atoms with E-state index >= 15 is 0 Å². The van der Waals surface area contributed by atoms with Gasteiger partial charge in [0.2, 0.25) is 0 Å². The second kappa shape index (κ2) is 24.1. The Morgan fingerprint density at radius 2 is 1.09 bits per heavy atom. The molecular formula is C2H9Cl2KNa4O11P2. The average Bonchev–Trinajstić information content (AvgIpc) is 1.73. The van der Waals surface area contributed by atoms with Crippen LogP contribution in [0.15, 0.2) is 0 Å². The molecule has 0 aliphatic rings. The Labute approximate surface area is 274 Å². The van der Waals surface area contributed by atoms with Crippen LogP contribution in [0.2, 0.25) is 0 Å². The summed E-state index contributed by atoms with van der Waals surface area (Å²) in [5, 5.41) is 15.9. The molecule has 0 rings (SSSR count). The molecule has 0 aromatic rings. The first-order valence-corrected chi connectivity index (χ1v) is 5.75. The molecule has 0 fully saturated rings. The van der Waals surface area contributed by atoms with E-state index in [1.165, 1.54) is 0 Å². The summed E-state index contributed by atoms with van der Waals surface area (Å²) in [6, 6.07) is 0. The van der Waals surface area contributed by atoms with Crippen LogP contribution in [0, 0.1) is 0 Å². The number of rotatable bonds is 4. The summed E-state index contributed by atoms with van der Waals surface area (Å²) in [7, 11) is -10.9. The molecular weight excluding hydrogens is 464 g/mol. The molecule has 0 aromatic carbocycles. The van der Waals surface area contributed by atoms with Crippen LogP contribution < -0.4 is 182 Å². The van der Waals surface area contributed by atoms with Crippen molar-refractivity contribution in [2.75, 3.05) is 0 Å². The fourth-order valence-electron chi connectivity index (χ4n) is 0.374. The van der Waals surface area contributed by atoms with Crippen molar-refractivity contribution in [3.8, 4) is 0 Å². The van der Waals surface area contributed by atoms with Gasteiger partial charge < -0.3 is 47.2 Å². The Hall–Kier alpha value is 5.10. The predicted octanol–water partition coefficient (Wildman–Crippen LogP) is -16.5. The SMILES string of the molecule is Cl.O=C(O)OP(=O)(OC(=O)O)OP(=O)(O)O.[Cl-].[H-].[H-].[H-].[H-].[K+].[Na+].[Na+].[Na+].[Na+]. The molecule has 0 spiro atoms. The molecule has 0 saturated heterocycles. The Bertz CT molecular complexity index is 375. The van der Waals surface area contributed by atoms with Crippen LogP contribution in [0.25, 0.3) is 0 Å². The van der Waals surface area contributed by atoms with Gasteiger partial charge >= 0.3 is 198 Å². The van der Waals surface area contributed by atoms with E-state index in [4.69, 9.17) is 20.0 Å². The smallest absolute Gasteiger partial charge is 1.00 e. The molecule has 0 bridgehead atoms. The number of phosphoric acid groups is 2. The third-order valence-corrected chi connectivity index (χ3v) is 3.00. The Morgan fingerprint density at radius 3 is 1.23 bits per heavy atom. The van der Waals surface area contributed by atoms with Crippen molar-refractivity contribution in [2.45, 2.75) is 0 Å². The predicted molar refractivity (Wildman–Crippen MR) is 50.7 cm³/mol. The largest absolute Gasteiger partial charge is 1.00 e. The van der Waals surface area contributed by atoms with Gasteiger partial charge in [-0.2, -0.15) is 4.31 Å². The van der Waals surface area contributed by atoms with Crippen LogP contribution in [0.1, 0.15) is 5.71 Å². The zero-order valence-corrected chi connectivity index (χ0v) is 26.8. The number of carboxylic acid groups (broad SMARTS) is 2. The topological polar surface area (TPSA) is 177 Å². The first kappa shape index (κ1) is 50.6. The number of phosphoric ester groups is 1. The van der Waals surface area contributed by atoms with E-state index in [1.807, 2.05) is 0 Å². The molecule has 0 unspecified atom stereocenters. The number of hydrogen-bond acceptors (Lipinski definition) is 7. The molecule has 11 nitrogen and oxygen atoms in total. The summed E-state index contributed by atoms with van der Waals surface area (Å²) < 4.78 is 30.9. The molecule has 112 valence electrons. The van der Waals surface area contributed by atoms with Gasteiger partial charge in [-0.3, -0.25) is 0 Å². The van der Waals surface area contributed by atoms with Crippen molar-refractivity contribution in [3.05, 3.63) is 0 Å². The van der Waals surface area contributed by atoms with Gasteiger partial charge in [-0.1, -0.05) is 0 Å². The normalized spacial score (nSPS) is 8.09. The Kier molecular flexibility index (Phi) is 55.5. The van der Waals surface area contributed by atoms with Crippen LogP contribution in [0.4, 0.5) is 9.59 Å². The van der Waals surface area contributed by atoms with Gasteiger partial charge in [0.1, 0.15) is 0 Å². The molecule has 20 heteroatoms.